The van der Waals surface area contributed by atoms with Crippen LogP contribution in [0.2, 0.25) is 0 Å². The number of piperazine rings is 1. The summed E-state index contributed by atoms with van der Waals surface area (Å²) in [5.74, 6) is -0.536. The molecular weight excluding hydrogens is 407 g/mol. The molecule has 0 aromatic heterocycles. The number of nitrogens with zero attached hydrogens (tertiary/aromatic N) is 2. The summed E-state index contributed by atoms with van der Waals surface area (Å²) in [6.07, 6.45) is 0. The summed E-state index contributed by atoms with van der Waals surface area (Å²) in [4.78, 5) is 17.0. The van der Waals surface area contributed by atoms with Gasteiger partial charge in [0.25, 0.3) is 5.91 Å². The van der Waals surface area contributed by atoms with Gasteiger partial charge in [-0.3, -0.25) is 9.69 Å². The van der Waals surface area contributed by atoms with Crippen LogP contribution in [0.3, 0.4) is 0 Å². The first-order valence-corrected chi connectivity index (χ1v) is 11.5. The van der Waals surface area contributed by atoms with E-state index in [9.17, 15) is 17.6 Å². The van der Waals surface area contributed by atoms with Crippen molar-refractivity contribution in [2.45, 2.75) is 11.8 Å². The summed E-state index contributed by atoms with van der Waals surface area (Å²) >= 11 is 0. The fourth-order valence-electron chi connectivity index (χ4n) is 3.39. The van der Waals surface area contributed by atoms with Crippen LogP contribution in [-0.4, -0.2) is 65.0 Å². The van der Waals surface area contributed by atoms with Crippen molar-refractivity contribution in [1.29, 1.82) is 0 Å². The fraction of sp³-hybridized carbons (Fsp3) is 0.381. The number of hydrogen-bond donors (Lipinski definition) is 2. The minimum Gasteiger partial charge on any atom is -0.369 e. The third kappa shape index (κ3) is 5.78. The summed E-state index contributed by atoms with van der Waals surface area (Å²) in [6, 6.07) is 12.5. The minimum atomic E-state index is -3.60. The molecule has 1 aliphatic heterocycles. The maximum atomic E-state index is 13.1. The van der Waals surface area contributed by atoms with E-state index in [0.717, 1.165) is 31.9 Å². The summed E-state index contributed by atoms with van der Waals surface area (Å²) in [6.45, 7) is 6.54. The number of carbonyl (C=O) groups excluding carboxylic acids is 1. The molecule has 1 fully saturated rings. The van der Waals surface area contributed by atoms with Crippen molar-refractivity contribution in [3.63, 3.8) is 0 Å². The smallest absolute Gasteiger partial charge is 0.251 e. The van der Waals surface area contributed by atoms with Gasteiger partial charge in [-0.1, -0.05) is 13.0 Å². The zero-order valence-corrected chi connectivity index (χ0v) is 17.8. The van der Waals surface area contributed by atoms with Gasteiger partial charge < -0.3 is 10.2 Å². The maximum Gasteiger partial charge on any atom is 0.251 e. The van der Waals surface area contributed by atoms with Crippen LogP contribution in [0.25, 0.3) is 0 Å². The highest BCUT2D eigenvalue weighted by atomic mass is 32.2. The predicted molar refractivity (Wildman–Crippen MR) is 115 cm³/mol. The molecule has 2 N–H and O–H groups in total. The lowest BCUT2D eigenvalue weighted by molar-refractivity contribution is 0.0947. The topological polar surface area (TPSA) is 81.7 Å². The second-order valence-electron chi connectivity index (χ2n) is 7.09. The molecule has 0 atom stereocenters. The first-order valence-electron chi connectivity index (χ1n) is 10.00. The number of benzene rings is 2. The second kappa shape index (κ2) is 10.0. The van der Waals surface area contributed by atoms with Crippen LogP contribution < -0.4 is 14.9 Å². The van der Waals surface area contributed by atoms with Crippen LogP contribution >= 0.6 is 0 Å². The molecule has 1 saturated heterocycles. The first-order chi connectivity index (χ1) is 14.4. The molecule has 1 amide bonds. The van der Waals surface area contributed by atoms with Crippen molar-refractivity contribution in [2.75, 3.05) is 50.7 Å². The molecule has 3 rings (SSSR count). The maximum absolute atomic E-state index is 13.1. The Bertz CT molecular complexity index is 958. The lowest BCUT2D eigenvalue weighted by Crippen LogP contribution is -2.48. The molecule has 2 aromatic rings. The second-order valence-corrected chi connectivity index (χ2v) is 8.86. The molecule has 0 saturated carbocycles. The number of hydrogen-bond acceptors (Lipinski definition) is 5. The SMILES string of the molecule is CCNS(=O)(=O)c1cccc(C(=O)NCCN2CCN(c3ccc(F)cc3)CC2)c1. The number of nitrogens with one attached hydrogen (secondary N) is 2. The van der Waals surface area contributed by atoms with Gasteiger partial charge in [0.1, 0.15) is 5.82 Å². The van der Waals surface area contributed by atoms with Gasteiger partial charge in [0.05, 0.1) is 4.90 Å². The van der Waals surface area contributed by atoms with Crippen molar-refractivity contribution in [3.05, 3.63) is 59.9 Å². The number of halogens is 1. The van der Waals surface area contributed by atoms with Crippen LogP contribution in [0.5, 0.6) is 0 Å². The molecule has 0 aliphatic carbocycles. The first kappa shape index (κ1) is 22.2. The molecule has 0 bridgehead atoms. The van der Waals surface area contributed by atoms with E-state index in [2.05, 4.69) is 19.8 Å². The van der Waals surface area contributed by atoms with Crippen LogP contribution in [0, 0.1) is 5.82 Å². The van der Waals surface area contributed by atoms with Gasteiger partial charge in [0, 0.05) is 57.1 Å². The zero-order valence-electron chi connectivity index (χ0n) is 17.0. The van der Waals surface area contributed by atoms with Crippen LogP contribution in [0.4, 0.5) is 10.1 Å². The van der Waals surface area contributed by atoms with E-state index < -0.39 is 10.0 Å². The number of amides is 1. The number of sulfonamides is 1. The Labute approximate surface area is 176 Å². The Kier molecular flexibility index (Phi) is 7.41. The van der Waals surface area contributed by atoms with Crippen molar-refractivity contribution < 1.29 is 17.6 Å². The highest BCUT2D eigenvalue weighted by molar-refractivity contribution is 7.89. The molecule has 30 heavy (non-hydrogen) atoms. The van der Waals surface area contributed by atoms with E-state index >= 15 is 0 Å². The van der Waals surface area contributed by atoms with E-state index in [4.69, 9.17) is 0 Å². The largest absolute Gasteiger partial charge is 0.369 e. The summed E-state index contributed by atoms with van der Waals surface area (Å²) in [5, 5.41) is 2.85. The Morgan fingerprint density at radius 2 is 1.77 bits per heavy atom. The number of carbonyl (C=O) groups is 1. The minimum absolute atomic E-state index is 0.0777. The number of anilines is 1. The Morgan fingerprint density at radius 3 is 2.43 bits per heavy atom. The average molecular weight is 435 g/mol. The standard InChI is InChI=1S/C21H27FN4O3S/c1-2-24-30(28,29)20-5-3-4-17(16-20)21(27)23-10-11-25-12-14-26(15-13-25)19-8-6-18(22)7-9-19/h3-9,16,24H,2,10-15H2,1H3,(H,23,27). The molecule has 2 aromatic carbocycles. The van der Waals surface area contributed by atoms with Gasteiger partial charge in [-0.05, 0) is 42.5 Å². The van der Waals surface area contributed by atoms with E-state index in [0.29, 0.717) is 18.7 Å². The normalized spacial score (nSPS) is 15.2. The van der Waals surface area contributed by atoms with Gasteiger partial charge in [0.15, 0.2) is 0 Å². The monoisotopic (exact) mass is 434 g/mol. The van der Waals surface area contributed by atoms with Gasteiger partial charge >= 0.3 is 0 Å². The Balaban J connectivity index is 1.46. The predicted octanol–water partition coefficient (Wildman–Crippen LogP) is 1.68. The van der Waals surface area contributed by atoms with Gasteiger partial charge in [-0.2, -0.15) is 0 Å². The van der Waals surface area contributed by atoms with E-state index in [1.807, 2.05) is 0 Å². The van der Waals surface area contributed by atoms with E-state index in [1.165, 1.54) is 24.3 Å². The Hall–Kier alpha value is -2.49. The fourth-order valence-corrected chi connectivity index (χ4v) is 4.48. The van der Waals surface area contributed by atoms with E-state index in [-0.39, 0.29) is 23.2 Å². The zero-order chi connectivity index (χ0) is 21.6. The van der Waals surface area contributed by atoms with E-state index in [1.54, 1.807) is 31.2 Å². The molecule has 1 heterocycles. The lowest BCUT2D eigenvalue weighted by atomic mass is 10.2. The average Bonchev–Trinajstić information content (AvgIpc) is 2.75. The highest BCUT2D eigenvalue weighted by Gasteiger charge is 2.18. The molecular formula is C21H27FN4O3S. The van der Waals surface area contributed by atoms with Crippen molar-refractivity contribution >= 4 is 21.6 Å². The van der Waals surface area contributed by atoms with Crippen molar-refractivity contribution in [2.24, 2.45) is 0 Å². The molecule has 0 spiro atoms. The third-order valence-electron chi connectivity index (χ3n) is 5.02. The molecule has 1 aliphatic rings. The summed E-state index contributed by atoms with van der Waals surface area (Å²) < 4.78 is 39.7. The van der Waals surface area contributed by atoms with Gasteiger partial charge in [0.2, 0.25) is 10.0 Å². The summed E-state index contributed by atoms with van der Waals surface area (Å²) in [7, 11) is -3.60. The molecule has 7 nitrogen and oxygen atoms in total. The summed E-state index contributed by atoms with van der Waals surface area (Å²) in [5.41, 5.74) is 1.33. The van der Waals surface area contributed by atoms with Crippen molar-refractivity contribution in [3.8, 4) is 0 Å². The molecule has 162 valence electrons. The molecule has 0 radical (unpaired) electrons. The Morgan fingerprint density at radius 1 is 1.07 bits per heavy atom. The van der Waals surface area contributed by atoms with Crippen LogP contribution in [0.1, 0.15) is 17.3 Å². The molecule has 9 heteroatoms. The van der Waals surface area contributed by atoms with Crippen LogP contribution in [0.15, 0.2) is 53.4 Å². The lowest BCUT2D eigenvalue weighted by Gasteiger charge is -2.36. The quantitative estimate of drug-likeness (QED) is 0.661. The van der Waals surface area contributed by atoms with Crippen molar-refractivity contribution in [1.82, 2.24) is 14.9 Å². The van der Waals surface area contributed by atoms with Gasteiger partial charge in [-0.15, -0.1) is 0 Å². The van der Waals surface area contributed by atoms with Gasteiger partial charge in [-0.25, -0.2) is 17.5 Å². The highest BCUT2D eigenvalue weighted by Crippen LogP contribution is 2.16. The molecule has 0 unspecified atom stereocenters. The third-order valence-corrected chi connectivity index (χ3v) is 6.56. The van der Waals surface area contributed by atoms with Crippen LogP contribution in [-0.2, 0) is 10.0 Å². The number of rotatable bonds is 8.